The minimum Gasteiger partial charge on any atom is -0.478 e. The van der Waals surface area contributed by atoms with Crippen LogP contribution in [0.15, 0.2) is 61.4 Å². The van der Waals surface area contributed by atoms with Crippen LogP contribution in [0.25, 0.3) is 0 Å². The number of aliphatic hydroxyl groups is 2. The summed E-state index contributed by atoms with van der Waals surface area (Å²) in [6.07, 6.45) is 9.69. The number of rotatable bonds is 10. The maximum Gasteiger partial charge on any atom is 0.341 e. The molecule has 4 aromatic rings. The summed E-state index contributed by atoms with van der Waals surface area (Å²) >= 11 is 0. The predicted molar refractivity (Wildman–Crippen MR) is 169 cm³/mol. The van der Waals surface area contributed by atoms with Crippen molar-refractivity contribution in [3.63, 3.8) is 0 Å². The highest BCUT2D eigenvalue weighted by molar-refractivity contribution is 5.88. The minimum absolute atomic E-state index is 0.185. The number of aromatic carboxylic acids is 1. The molecular weight excluding hydrogens is 604 g/mol. The molecule has 0 spiro atoms. The molecule has 2 aliphatic heterocycles. The second-order valence-electron chi connectivity index (χ2n) is 12.9. The summed E-state index contributed by atoms with van der Waals surface area (Å²) in [6, 6.07) is 8.06. The van der Waals surface area contributed by atoms with Crippen molar-refractivity contribution in [3.05, 3.63) is 83.7 Å². The Kier molecular flexibility index (Phi) is 8.37. The zero-order valence-electron chi connectivity index (χ0n) is 26.0. The molecule has 6 heterocycles. The van der Waals surface area contributed by atoms with Crippen LogP contribution in [0.5, 0.6) is 0 Å². The van der Waals surface area contributed by atoms with Crippen molar-refractivity contribution in [1.29, 1.82) is 0 Å². The molecule has 14 nitrogen and oxygen atoms in total. The van der Waals surface area contributed by atoms with Crippen molar-refractivity contribution in [2.24, 2.45) is 35.5 Å². The fourth-order valence-electron chi connectivity index (χ4n) is 7.22. The molecule has 6 atom stereocenters. The van der Waals surface area contributed by atoms with Crippen LogP contribution < -0.4 is 9.80 Å². The number of hydrogen-bond acceptors (Lipinski definition) is 11. The molecule has 0 amide bonds. The Morgan fingerprint density at radius 3 is 1.53 bits per heavy atom. The monoisotopic (exact) mass is 642 g/mol. The van der Waals surface area contributed by atoms with Gasteiger partial charge in [0.15, 0.2) is 0 Å². The average molecular weight is 643 g/mol. The molecule has 246 valence electrons. The fraction of sp³-hybridized carbons (Fsp3) is 0.455. The maximum atomic E-state index is 11.4. The number of carbonyl (C=O) groups is 2. The van der Waals surface area contributed by atoms with E-state index in [-0.39, 0.29) is 11.5 Å². The molecule has 0 bridgehead atoms. The average Bonchev–Trinajstić information content (AvgIpc) is 3.53. The van der Waals surface area contributed by atoms with E-state index in [2.05, 4.69) is 34.7 Å². The Morgan fingerprint density at radius 1 is 0.723 bits per heavy atom. The normalized spacial score (nSPS) is 25.1. The molecule has 14 heteroatoms. The van der Waals surface area contributed by atoms with Crippen LogP contribution in [0.1, 0.15) is 31.8 Å². The number of aromatic nitrogens is 6. The Morgan fingerprint density at radius 2 is 1.17 bits per heavy atom. The number of methoxy groups -OCH3 is 1. The summed E-state index contributed by atoms with van der Waals surface area (Å²) in [5, 5.41) is 35.5. The number of hydrogen-bond donors (Lipinski definition) is 3. The third-order valence-electron chi connectivity index (χ3n) is 10.1. The van der Waals surface area contributed by atoms with Gasteiger partial charge in [-0.05, 0) is 58.8 Å². The predicted octanol–water partition coefficient (Wildman–Crippen LogP) is 1.49. The first kappa shape index (κ1) is 30.8. The van der Waals surface area contributed by atoms with Gasteiger partial charge in [-0.3, -0.25) is 9.36 Å². The summed E-state index contributed by atoms with van der Waals surface area (Å²) in [6.45, 7) is 5.60. The molecule has 0 aromatic carbocycles. The molecular formula is C33H38N8O6. The Balaban J connectivity index is 0.000000150. The van der Waals surface area contributed by atoms with Crippen molar-refractivity contribution in [2.45, 2.75) is 13.1 Å². The standard InChI is InChI=1S/C17H20N4O3.C16H18N4O3/c1-24-17(23)12-5-19-21(7-12)6-11-2-3-16(18-4-11)20-8-13-14(9-20)15(13)10-22;21-9-14-12-7-19(8-13(12)14)15-2-1-10(3-17-15)5-20-6-11(4-18-20)16(22)23/h2-5,7,13-15,22H,6,8-10H2,1H3;1-4,6,12-14,21H,5,7-9H2,(H,22,23)/t13-,14+,15?;12-,13+,14?. The van der Waals surface area contributed by atoms with Gasteiger partial charge in [-0.2, -0.15) is 10.2 Å². The quantitative estimate of drug-likeness (QED) is 0.213. The van der Waals surface area contributed by atoms with Crippen LogP contribution >= 0.6 is 0 Å². The van der Waals surface area contributed by atoms with E-state index >= 15 is 0 Å². The molecule has 8 rings (SSSR count). The van der Waals surface area contributed by atoms with Gasteiger partial charge in [0, 0.05) is 64.2 Å². The van der Waals surface area contributed by atoms with Gasteiger partial charge in [0.1, 0.15) is 11.6 Å². The summed E-state index contributed by atoms with van der Waals surface area (Å²) < 4.78 is 7.96. The van der Waals surface area contributed by atoms with Gasteiger partial charge in [0.25, 0.3) is 0 Å². The Bertz CT molecular complexity index is 1700. The van der Waals surface area contributed by atoms with Crippen LogP contribution in [0.3, 0.4) is 0 Å². The number of piperidine rings is 2. The first-order chi connectivity index (χ1) is 22.8. The molecule has 2 aliphatic carbocycles. The maximum absolute atomic E-state index is 11.4. The van der Waals surface area contributed by atoms with Crippen LogP contribution in [-0.4, -0.2) is 103 Å². The number of nitrogens with zero attached hydrogens (tertiary/aromatic N) is 8. The van der Waals surface area contributed by atoms with Crippen LogP contribution in [0, 0.1) is 35.5 Å². The van der Waals surface area contributed by atoms with E-state index in [1.54, 1.807) is 15.6 Å². The number of carbonyl (C=O) groups excluding carboxylic acids is 1. The molecule has 2 saturated carbocycles. The Labute approximate surface area is 271 Å². The zero-order chi connectivity index (χ0) is 32.7. The van der Waals surface area contributed by atoms with Gasteiger partial charge in [-0.1, -0.05) is 12.1 Å². The lowest BCUT2D eigenvalue weighted by atomic mass is 10.2. The number of pyridine rings is 2. The minimum atomic E-state index is -0.974. The van der Waals surface area contributed by atoms with E-state index in [1.807, 2.05) is 36.7 Å². The summed E-state index contributed by atoms with van der Waals surface area (Å²) in [5.74, 6) is 4.11. The highest BCUT2D eigenvalue weighted by Gasteiger charge is 2.56. The van der Waals surface area contributed by atoms with E-state index in [1.165, 1.54) is 25.7 Å². The number of carboxylic acid groups (broad SMARTS) is 1. The van der Waals surface area contributed by atoms with Gasteiger partial charge in [-0.25, -0.2) is 19.6 Å². The first-order valence-electron chi connectivity index (χ1n) is 15.8. The van der Waals surface area contributed by atoms with Crippen LogP contribution in [0.4, 0.5) is 11.6 Å². The van der Waals surface area contributed by atoms with Crippen molar-refractivity contribution < 1.29 is 29.6 Å². The van der Waals surface area contributed by atoms with Gasteiger partial charge in [0.2, 0.25) is 0 Å². The largest absolute Gasteiger partial charge is 0.478 e. The highest BCUT2D eigenvalue weighted by atomic mass is 16.5. The number of ether oxygens (including phenoxy) is 1. The summed E-state index contributed by atoms with van der Waals surface area (Å²) in [7, 11) is 1.35. The third kappa shape index (κ3) is 6.43. The second kappa shape index (κ2) is 12.8. The lowest BCUT2D eigenvalue weighted by Crippen LogP contribution is -2.25. The topological polar surface area (TPSA) is 172 Å². The van der Waals surface area contributed by atoms with Crippen molar-refractivity contribution in [1.82, 2.24) is 29.5 Å². The lowest BCUT2D eigenvalue weighted by Gasteiger charge is -2.20. The van der Waals surface area contributed by atoms with E-state index in [9.17, 15) is 19.8 Å². The van der Waals surface area contributed by atoms with E-state index in [0.717, 1.165) is 48.9 Å². The SMILES string of the molecule is COC(=O)c1cnn(Cc2ccc(N3C[C@@H]4C(CO)[C@@H]4C3)nc2)c1.O=C(O)c1cnn(Cc2ccc(N3C[C@@H]4C(CO)[C@@H]4C3)nc2)c1. The zero-order valence-corrected chi connectivity index (χ0v) is 26.0. The van der Waals surface area contributed by atoms with E-state index in [4.69, 9.17) is 5.11 Å². The molecule has 0 radical (unpaired) electrons. The van der Waals surface area contributed by atoms with Crippen LogP contribution in [-0.2, 0) is 17.8 Å². The molecule has 3 N–H and O–H groups in total. The van der Waals surface area contributed by atoms with Crippen molar-refractivity contribution in [3.8, 4) is 0 Å². The molecule has 4 aromatic heterocycles. The fourth-order valence-corrected chi connectivity index (χ4v) is 7.22. The number of anilines is 2. The lowest BCUT2D eigenvalue weighted by molar-refractivity contribution is 0.0599. The Hall–Kier alpha value is -4.82. The smallest absolute Gasteiger partial charge is 0.341 e. The molecule has 2 unspecified atom stereocenters. The number of esters is 1. The molecule has 4 aliphatic rings. The third-order valence-corrected chi connectivity index (χ3v) is 10.1. The molecule has 2 saturated heterocycles. The first-order valence-corrected chi connectivity index (χ1v) is 15.8. The van der Waals surface area contributed by atoms with Crippen LogP contribution in [0.2, 0.25) is 0 Å². The van der Waals surface area contributed by atoms with Gasteiger partial charge < -0.3 is 29.9 Å². The van der Waals surface area contributed by atoms with E-state index < -0.39 is 5.97 Å². The number of carboxylic acids is 1. The summed E-state index contributed by atoms with van der Waals surface area (Å²) in [5.41, 5.74) is 2.63. The molecule has 47 heavy (non-hydrogen) atoms. The summed E-state index contributed by atoms with van der Waals surface area (Å²) in [4.78, 5) is 35.9. The van der Waals surface area contributed by atoms with Gasteiger partial charge in [0.05, 0.1) is 43.7 Å². The number of fused-ring (bicyclic) bond motifs is 2. The van der Waals surface area contributed by atoms with Gasteiger partial charge >= 0.3 is 11.9 Å². The van der Waals surface area contributed by atoms with E-state index in [0.29, 0.717) is 67.4 Å². The van der Waals surface area contributed by atoms with Crippen molar-refractivity contribution in [2.75, 3.05) is 56.3 Å². The second-order valence-corrected chi connectivity index (χ2v) is 12.9. The molecule has 4 fully saturated rings. The van der Waals surface area contributed by atoms with Gasteiger partial charge in [-0.15, -0.1) is 0 Å². The highest BCUT2D eigenvalue weighted by Crippen LogP contribution is 2.52. The van der Waals surface area contributed by atoms with Crippen molar-refractivity contribution >= 4 is 23.6 Å². The number of aliphatic hydroxyl groups excluding tert-OH is 2.